The van der Waals surface area contributed by atoms with Crippen LogP contribution >= 0.6 is 11.3 Å². The predicted molar refractivity (Wildman–Crippen MR) is 134 cm³/mol. The number of carboxylic acids is 1. The molecule has 1 aliphatic heterocycles. The zero-order chi connectivity index (χ0) is 25.2. The number of hydrogen-bond acceptors (Lipinski definition) is 6. The summed E-state index contributed by atoms with van der Waals surface area (Å²) in [4.78, 5) is 48.0. The Morgan fingerprint density at radius 2 is 2.11 bits per heavy atom. The highest BCUT2D eigenvalue weighted by molar-refractivity contribution is 7.07. The van der Waals surface area contributed by atoms with Gasteiger partial charge < -0.3 is 26.0 Å². The van der Waals surface area contributed by atoms with Crippen LogP contribution in [0.2, 0.25) is 0 Å². The molecule has 35 heavy (non-hydrogen) atoms. The Bertz CT molecular complexity index is 1220. The number of likely N-dealkylation sites (tertiary alicyclic amines) is 1. The molecule has 2 amide bonds. The lowest BCUT2D eigenvalue weighted by molar-refractivity contribution is -0.155. The van der Waals surface area contributed by atoms with Gasteiger partial charge in [-0.15, -0.1) is 11.3 Å². The van der Waals surface area contributed by atoms with E-state index >= 15 is 0 Å². The van der Waals surface area contributed by atoms with E-state index in [9.17, 15) is 19.5 Å². The second kappa shape index (κ2) is 9.79. The molecule has 0 aliphatic carbocycles. The van der Waals surface area contributed by atoms with Gasteiger partial charge in [0.15, 0.2) is 0 Å². The van der Waals surface area contributed by atoms with E-state index in [-0.39, 0.29) is 25.3 Å². The van der Waals surface area contributed by atoms with Crippen molar-refractivity contribution in [3.05, 3.63) is 52.6 Å². The maximum Gasteiger partial charge on any atom is 0.311 e. The molecule has 2 atom stereocenters. The molecule has 3 heterocycles. The van der Waals surface area contributed by atoms with Crippen LogP contribution in [0.4, 0.5) is 0 Å². The summed E-state index contributed by atoms with van der Waals surface area (Å²) in [5, 5.41) is 15.8. The third kappa shape index (κ3) is 5.38. The van der Waals surface area contributed by atoms with Crippen LogP contribution in [0.3, 0.4) is 0 Å². The number of aliphatic carboxylic acids is 1. The van der Waals surface area contributed by atoms with Crippen molar-refractivity contribution in [3.8, 4) is 0 Å². The Labute approximate surface area is 207 Å². The minimum atomic E-state index is -1.17. The summed E-state index contributed by atoms with van der Waals surface area (Å²) >= 11 is 1.42. The molecule has 4 rings (SSSR count). The van der Waals surface area contributed by atoms with Crippen LogP contribution in [0, 0.1) is 5.41 Å². The summed E-state index contributed by atoms with van der Waals surface area (Å²) in [5.74, 6) is -1.69. The third-order valence-electron chi connectivity index (χ3n) is 6.63. The van der Waals surface area contributed by atoms with Crippen molar-refractivity contribution < 1.29 is 19.5 Å². The lowest BCUT2D eigenvalue weighted by Crippen LogP contribution is -2.59. The Kier molecular flexibility index (Phi) is 6.95. The fourth-order valence-corrected chi connectivity index (χ4v) is 5.23. The molecule has 1 saturated heterocycles. The maximum atomic E-state index is 13.8. The molecule has 2 aromatic heterocycles. The van der Waals surface area contributed by atoms with Crippen molar-refractivity contribution >= 4 is 40.0 Å². The first-order valence-electron chi connectivity index (χ1n) is 11.6. The van der Waals surface area contributed by atoms with Gasteiger partial charge in [-0.2, -0.15) is 0 Å². The van der Waals surface area contributed by atoms with Gasteiger partial charge in [-0.05, 0) is 38.3 Å². The molecule has 3 aromatic rings. The number of para-hydroxylation sites is 1. The predicted octanol–water partition coefficient (Wildman–Crippen LogP) is 2.33. The quantitative estimate of drug-likeness (QED) is 0.376. The summed E-state index contributed by atoms with van der Waals surface area (Å²) in [6.45, 7) is 3.65. The molecule has 5 N–H and O–H groups in total. The molecular weight excluding hydrogens is 466 g/mol. The Hall–Kier alpha value is -3.24. The number of carbonyl (C=O) groups is 3. The monoisotopic (exact) mass is 497 g/mol. The van der Waals surface area contributed by atoms with E-state index in [1.807, 2.05) is 35.8 Å². The van der Waals surface area contributed by atoms with Gasteiger partial charge in [0, 0.05) is 48.4 Å². The molecule has 186 valence electrons. The number of piperidine rings is 1. The summed E-state index contributed by atoms with van der Waals surface area (Å²) in [6.07, 6.45) is 3.36. The number of aromatic nitrogens is 2. The summed E-state index contributed by atoms with van der Waals surface area (Å²) in [6, 6.07) is 6.87. The van der Waals surface area contributed by atoms with Gasteiger partial charge in [0.2, 0.25) is 11.8 Å². The van der Waals surface area contributed by atoms with E-state index in [0.717, 1.165) is 16.5 Å². The molecule has 10 heteroatoms. The number of carboxylic acid groups (broad SMARTS) is 1. The number of hydrogen-bond donors (Lipinski definition) is 4. The van der Waals surface area contributed by atoms with E-state index < -0.39 is 28.9 Å². The van der Waals surface area contributed by atoms with Crippen molar-refractivity contribution in [2.24, 2.45) is 11.1 Å². The van der Waals surface area contributed by atoms with Crippen LogP contribution in [-0.2, 0) is 27.2 Å². The van der Waals surface area contributed by atoms with Gasteiger partial charge in [-0.25, -0.2) is 4.98 Å². The lowest BCUT2D eigenvalue weighted by Gasteiger charge is -2.41. The number of benzene rings is 1. The van der Waals surface area contributed by atoms with E-state index in [2.05, 4.69) is 15.3 Å². The molecule has 1 aliphatic rings. The number of aromatic amines is 1. The number of nitrogens with two attached hydrogens (primary N) is 1. The fourth-order valence-electron chi connectivity index (χ4n) is 4.67. The highest BCUT2D eigenvalue weighted by atomic mass is 32.1. The molecule has 1 aromatic carbocycles. The number of amides is 2. The van der Waals surface area contributed by atoms with Crippen LogP contribution in [0.15, 0.2) is 41.4 Å². The molecule has 1 fully saturated rings. The lowest BCUT2D eigenvalue weighted by atomic mass is 9.76. The zero-order valence-corrected chi connectivity index (χ0v) is 20.7. The average molecular weight is 498 g/mol. The number of thiazole rings is 1. The van der Waals surface area contributed by atoms with E-state index in [1.54, 1.807) is 24.3 Å². The van der Waals surface area contributed by atoms with Crippen molar-refractivity contribution in [1.82, 2.24) is 20.2 Å². The summed E-state index contributed by atoms with van der Waals surface area (Å²) in [7, 11) is 0. The van der Waals surface area contributed by atoms with Crippen molar-refractivity contribution in [1.29, 1.82) is 0 Å². The molecule has 0 unspecified atom stereocenters. The van der Waals surface area contributed by atoms with Gasteiger partial charge in [-0.3, -0.25) is 14.4 Å². The Morgan fingerprint density at radius 3 is 2.80 bits per heavy atom. The fraction of sp³-hybridized carbons (Fsp3) is 0.440. The first-order valence-corrected chi connectivity index (χ1v) is 12.6. The molecule has 0 spiro atoms. The van der Waals surface area contributed by atoms with Crippen LogP contribution in [0.1, 0.15) is 37.9 Å². The SMILES string of the molecule is CC(C)(N)C(=O)N[C@H](Cc1c[nH]c2ccccc12)C(=O)N1CCC[C@@](Cc2cscn2)(C(=O)O)C1. The normalized spacial score (nSPS) is 19.5. The van der Waals surface area contributed by atoms with E-state index in [1.165, 1.54) is 11.3 Å². The molecule has 0 radical (unpaired) electrons. The Balaban J connectivity index is 1.61. The largest absolute Gasteiger partial charge is 0.481 e. The van der Waals surface area contributed by atoms with E-state index in [0.29, 0.717) is 25.1 Å². The topological polar surface area (TPSA) is 141 Å². The van der Waals surface area contributed by atoms with Crippen molar-refractivity contribution in [3.63, 3.8) is 0 Å². The highest BCUT2D eigenvalue weighted by Crippen LogP contribution is 2.35. The molecular formula is C25H31N5O4S. The number of H-pyrrole nitrogens is 1. The first-order chi connectivity index (χ1) is 16.6. The van der Waals surface area contributed by atoms with Crippen LogP contribution in [-0.4, -0.2) is 62.4 Å². The minimum Gasteiger partial charge on any atom is -0.481 e. The standard InChI is InChI=1S/C25H31N5O4S/c1-24(2,26)22(32)29-20(10-16-12-27-19-7-4-3-6-18(16)19)21(31)30-9-5-8-25(14-30,23(33)34)11-17-13-35-15-28-17/h3-4,6-7,12-13,15,20,27H,5,8-11,14,26H2,1-2H3,(H,29,32)(H,33,34)/t20-,25+/m1/s1. The summed E-state index contributed by atoms with van der Waals surface area (Å²) < 4.78 is 0. The van der Waals surface area contributed by atoms with Crippen LogP contribution in [0.25, 0.3) is 10.9 Å². The van der Waals surface area contributed by atoms with Gasteiger partial charge in [0.1, 0.15) is 6.04 Å². The molecule has 0 bridgehead atoms. The average Bonchev–Trinajstić information content (AvgIpc) is 3.47. The van der Waals surface area contributed by atoms with Gasteiger partial charge in [0.25, 0.3) is 0 Å². The van der Waals surface area contributed by atoms with Crippen LogP contribution in [0.5, 0.6) is 0 Å². The highest BCUT2D eigenvalue weighted by Gasteiger charge is 2.45. The van der Waals surface area contributed by atoms with Gasteiger partial charge in [0.05, 0.1) is 22.2 Å². The smallest absolute Gasteiger partial charge is 0.311 e. The second-order valence-electron chi connectivity index (χ2n) is 9.92. The van der Waals surface area contributed by atoms with Crippen molar-refractivity contribution in [2.75, 3.05) is 13.1 Å². The third-order valence-corrected chi connectivity index (χ3v) is 7.27. The number of nitrogens with zero attached hydrogens (tertiary/aromatic N) is 2. The number of rotatable bonds is 8. The number of fused-ring (bicyclic) bond motifs is 1. The van der Waals surface area contributed by atoms with Crippen LogP contribution < -0.4 is 11.1 Å². The second-order valence-corrected chi connectivity index (χ2v) is 10.6. The number of nitrogens with one attached hydrogen (secondary N) is 2. The molecule has 0 saturated carbocycles. The van der Waals surface area contributed by atoms with Crippen molar-refractivity contribution in [2.45, 2.75) is 51.1 Å². The minimum absolute atomic E-state index is 0.0605. The summed E-state index contributed by atoms with van der Waals surface area (Å²) in [5.41, 5.74) is 7.92. The van der Waals surface area contributed by atoms with E-state index in [4.69, 9.17) is 5.73 Å². The number of carbonyl (C=O) groups excluding carboxylic acids is 2. The zero-order valence-electron chi connectivity index (χ0n) is 19.9. The Morgan fingerprint density at radius 1 is 1.34 bits per heavy atom. The van der Waals surface area contributed by atoms with Gasteiger partial charge in [-0.1, -0.05) is 18.2 Å². The molecule has 9 nitrogen and oxygen atoms in total. The first kappa shape index (κ1) is 24.9. The van der Waals surface area contributed by atoms with Gasteiger partial charge >= 0.3 is 5.97 Å². The maximum absolute atomic E-state index is 13.8.